The average Bonchev–Trinajstić information content (AvgIpc) is 2.81. The summed E-state index contributed by atoms with van der Waals surface area (Å²) in [6.07, 6.45) is -0.204. The number of fused-ring (bicyclic) bond motifs is 1. The summed E-state index contributed by atoms with van der Waals surface area (Å²) in [5, 5.41) is 0.712. The SMILES string of the molecule is COc1cc2oc(=O)c(CC(=O)N3CCO[C@H](c4ccccc4)C3)c(C)c2cc1OC. The van der Waals surface area contributed by atoms with Gasteiger partial charge >= 0.3 is 5.63 Å². The maximum Gasteiger partial charge on any atom is 0.340 e. The van der Waals surface area contributed by atoms with E-state index in [9.17, 15) is 9.59 Å². The van der Waals surface area contributed by atoms with Crippen molar-refractivity contribution in [1.29, 1.82) is 0 Å². The fourth-order valence-electron chi connectivity index (χ4n) is 3.93. The highest BCUT2D eigenvalue weighted by molar-refractivity contribution is 5.87. The normalized spacial score (nSPS) is 16.4. The summed E-state index contributed by atoms with van der Waals surface area (Å²) in [4.78, 5) is 27.5. The fraction of sp³-hybridized carbons (Fsp3) is 0.333. The summed E-state index contributed by atoms with van der Waals surface area (Å²) in [6.45, 7) is 3.21. The first-order chi connectivity index (χ1) is 15.0. The van der Waals surface area contributed by atoms with Gasteiger partial charge in [0, 0.05) is 18.0 Å². The quantitative estimate of drug-likeness (QED) is 0.586. The van der Waals surface area contributed by atoms with Crippen LogP contribution < -0.4 is 15.1 Å². The van der Waals surface area contributed by atoms with Gasteiger partial charge in [-0.1, -0.05) is 30.3 Å². The number of carbonyl (C=O) groups excluding carboxylic acids is 1. The molecule has 1 aliphatic heterocycles. The van der Waals surface area contributed by atoms with Crippen LogP contribution in [-0.2, 0) is 16.0 Å². The third-order valence-electron chi connectivity index (χ3n) is 5.71. The number of ether oxygens (including phenoxy) is 3. The van der Waals surface area contributed by atoms with Crippen LogP contribution in [0.15, 0.2) is 51.7 Å². The van der Waals surface area contributed by atoms with Gasteiger partial charge in [-0.05, 0) is 24.1 Å². The van der Waals surface area contributed by atoms with Crippen molar-refractivity contribution in [2.24, 2.45) is 0 Å². The van der Waals surface area contributed by atoms with E-state index in [1.165, 1.54) is 7.11 Å². The first kappa shape index (κ1) is 20.9. The van der Waals surface area contributed by atoms with Gasteiger partial charge in [-0.2, -0.15) is 0 Å². The Morgan fingerprint density at radius 1 is 1.13 bits per heavy atom. The highest BCUT2D eigenvalue weighted by Crippen LogP contribution is 2.33. The topological polar surface area (TPSA) is 78.2 Å². The molecule has 1 saturated heterocycles. The van der Waals surface area contributed by atoms with Crippen molar-refractivity contribution in [3.8, 4) is 11.5 Å². The second kappa shape index (κ2) is 8.81. The van der Waals surface area contributed by atoms with E-state index in [4.69, 9.17) is 18.6 Å². The standard InChI is InChI=1S/C24H25NO6/c1-15-17-11-20(28-2)21(29-3)13-19(17)31-24(27)18(15)12-23(26)25-9-10-30-22(14-25)16-7-5-4-6-8-16/h4-8,11,13,22H,9-10,12,14H2,1-3H3/t22-/m0/s1. The van der Waals surface area contributed by atoms with E-state index in [1.54, 1.807) is 24.1 Å². The Balaban J connectivity index is 1.60. The third-order valence-corrected chi connectivity index (χ3v) is 5.71. The van der Waals surface area contributed by atoms with Gasteiger partial charge in [-0.3, -0.25) is 4.79 Å². The molecule has 0 radical (unpaired) electrons. The molecule has 7 nitrogen and oxygen atoms in total. The molecule has 162 valence electrons. The molecule has 7 heteroatoms. The van der Waals surface area contributed by atoms with Gasteiger partial charge in [0.2, 0.25) is 5.91 Å². The highest BCUT2D eigenvalue weighted by atomic mass is 16.5. The molecule has 0 N–H and O–H groups in total. The fourth-order valence-corrected chi connectivity index (χ4v) is 3.93. The molecule has 2 aromatic carbocycles. The summed E-state index contributed by atoms with van der Waals surface area (Å²) < 4.78 is 22.0. The molecule has 0 bridgehead atoms. The Labute approximate surface area is 180 Å². The Kier molecular flexibility index (Phi) is 5.95. The number of amides is 1. The van der Waals surface area contributed by atoms with Crippen LogP contribution in [0.2, 0.25) is 0 Å². The molecule has 0 unspecified atom stereocenters. The van der Waals surface area contributed by atoms with E-state index in [0.717, 1.165) is 5.56 Å². The predicted molar refractivity (Wildman–Crippen MR) is 116 cm³/mol. The highest BCUT2D eigenvalue weighted by Gasteiger charge is 2.27. The van der Waals surface area contributed by atoms with Gasteiger partial charge < -0.3 is 23.5 Å². The van der Waals surface area contributed by atoms with E-state index in [-0.39, 0.29) is 18.4 Å². The third kappa shape index (κ3) is 4.14. The molecule has 4 rings (SSSR count). The van der Waals surface area contributed by atoms with Gasteiger partial charge in [-0.15, -0.1) is 0 Å². The van der Waals surface area contributed by atoms with Crippen molar-refractivity contribution in [3.63, 3.8) is 0 Å². The van der Waals surface area contributed by atoms with E-state index in [1.807, 2.05) is 37.3 Å². The zero-order valence-corrected chi connectivity index (χ0v) is 17.8. The van der Waals surface area contributed by atoms with Crippen molar-refractivity contribution in [2.45, 2.75) is 19.4 Å². The van der Waals surface area contributed by atoms with Crippen LogP contribution in [-0.4, -0.2) is 44.7 Å². The molecule has 0 aliphatic carbocycles. The number of morpholine rings is 1. The van der Waals surface area contributed by atoms with Crippen LogP contribution in [0.3, 0.4) is 0 Å². The van der Waals surface area contributed by atoms with E-state index < -0.39 is 5.63 Å². The summed E-state index contributed by atoms with van der Waals surface area (Å²) in [5.74, 6) is 0.879. The molecule has 1 atom stereocenters. The minimum atomic E-state index is -0.515. The summed E-state index contributed by atoms with van der Waals surface area (Å²) in [6, 6.07) is 13.2. The Bertz CT molecular complexity index is 1150. The van der Waals surface area contributed by atoms with Gasteiger partial charge in [-0.25, -0.2) is 4.79 Å². The van der Waals surface area contributed by atoms with Crippen molar-refractivity contribution >= 4 is 16.9 Å². The summed E-state index contributed by atoms with van der Waals surface area (Å²) in [5.41, 5.74) is 1.97. The number of hydrogen-bond donors (Lipinski definition) is 0. The van der Waals surface area contributed by atoms with Gasteiger partial charge in [0.15, 0.2) is 11.5 Å². The molecular weight excluding hydrogens is 398 g/mol. The Hall–Kier alpha value is -3.32. The zero-order chi connectivity index (χ0) is 22.0. The summed E-state index contributed by atoms with van der Waals surface area (Å²) >= 11 is 0. The predicted octanol–water partition coefficient (Wildman–Crippen LogP) is 3.26. The van der Waals surface area contributed by atoms with Crippen LogP contribution in [0.4, 0.5) is 0 Å². The van der Waals surface area contributed by atoms with E-state index >= 15 is 0 Å². The number of rotatable bonds is 5. The molecule has 1 amide bonds. The second-order valence-corrected chi connectivity index (χ2v) is 7.48. The Morgan fingerprint density at radius 2 is 1.84 bits per heavy atom. The average molecular weight is 423 g/mol. The molecule has 0 spiro atoms. The number of benzene rings is 2. The van der Waals surface area contributed by atoms with E-state index in [2.05, 4.69) is 0 Å². The molecule has 31 heavy (non-hydrogen) atoms. The van der Waals surface area contributed by atoms with E-state index in [0.29, 0.717) is 53.3 Å². The van der Waals surface area contributed by atoms with Crippen LogP contribution in [0.5, 0.6) is 11.5 Å². The maximum absolute atomic E-state index is 13.1. The molecule has 2 heterocycles. The van der Waals surface area contributed by atoms with Gasteiger partial charge in [0.25, 0.3) is 0 Å². The van der Waals surface area contributed by atoms with Crippen molar-refractivity contribution in [1.82, 2.24) is 4.90 Å². The first-order valence-electron chi connectivity index (χ1n) is 10.1. The number of hydrogen-bond acceptors (Lipinski definition) is 6. The second-order valence-electron chi connectivity index (χ2n) is 7.48. The molecule has 1 aromatic heterocycles. The number of aryl methyl sites for hydroxylation is 1. The van der Waals surface area contributed by atoms with Crippen LogP contribution in [0, 0.1) is 6.92 Å². The lowest BCUT2D eigenvalue weighted by molar-refractivity contribution is -0.138. The largest absolute Gasteiger partial charge is 0.493 e. The van der Waals surface area contributed by atoms with Crippen molar-refractivity contribution in [3.05, 3.63) is 69.6 Å². The minimum absolute atomic E-state index is 0.0278. The molecule has 1 fully saturated rings. The van der Waals surface area contributed by atoms with Crippen LogP contribution in [0.25, 0.3) is 11.0 Å². The monoisotopic (exact) mass is 423 g/mol. The number of carbonyl (C=O) groups is 1. The summed E-state index contributed by atoms with van der Waals surface area (Å²) in [7, 11) is 3.07. The zero-order valence-electron chi connectivity index (χ0n) is 17.8. The molecule has 3 aromatic rings. The lowest BCUT2D eigenvalue weighted by Crippen LogP contribution is -2.43. The molecule has 0 saturated carbocycles. The number of nitrogens with zero attached hydrogens (tertiary/aromatic N) is 1. The smallest absolute Gasteiger partial charge is 0.340 e. The molecule has 1 aliphatic rings. The maximum atomic E-state index is 13.1. The molecular formula is C24H25NO6. The lowest BCUT2D eigenvalue weighted by Gasteiger charge is -2.33. The van der Waals surface area contributed by atoms with Gasteiger partial charge in [0.1, 0.15) is 11.7 Å². The first-order valence-corrected chi connectivity index (χ1v) is 10.1. The lowest BCUT2D eigenvalue weighted by atomic mass is 10.0. The minimum Gasteiger partial charge on any atom is -0.493 e. The van der Waals surface area contributed by atoms with Gasteiger partial charge in [0.05, 0.1) is 39.4 Å². The number of methoxy groups -OCH3 is 2. The van der Waals surface area contributed by atoms with Crippen molar-refractivity contribution < 1.29 is 23.4 Å². The van der Waals surface area contributed by atoms with Crippen molar-refractivity contribution in [2.75, 3.05) is 33.9 Å². The van der Waals surface area contributed by atoms with Crippen LogP contribution in [0.1, 0.15) is 22.8 Å². The Morgan fingerprint density at radius 3 is 2.55 bits per heavy atom. The van der Waals surface area contributed by atoms with Crippen LogP contribution >= 0.6 is 0 Å².